The Morgan fingerprint density at radius 1 is 1.20 bits per heavy atom. The molecule has 3 nitrogen and oxygen atoms in total. The van der Waals surface area contributed by atoms with Crippen molar-refractivity contribution >= 4 is 10.0 Å². The number of hydrogen-bond donors (Lipinski definition) is 1. The van der Waals surface area contributed by atoms with Gasteiger partial charge in [-0.3, -0.25) is 0 Å². The largest absolute Gasteiger partial charge is 0.212 e. The van der Waals surface area contributed by atoms with Crippen LogP contribution in [-0.4, -0.2) is 20.2 Å². The van der Waals surface area contributed by atoms with E-state index in [0.717, 1.165) is 44.4 Å². The molecule has 1 saturated carbocycles. The molecule has 1 rings (SSSR count). The molecule has 0 saturated heterocycles. The second-order valence-electron chi connectivity index (χ2n) is 4.75. The summed E-state index contributed by atoms with van der Waals surface area (Å²) in [4.78, 5) is 0. The average molecular weight is 233 g/mol. The Labute approximate surface area is 93.7 Å². The van der Waals surface area contributed by atoms with E-state index in [-0.39, 0.29) is 11.8 Å². The zero-order valence-corrected chi connectivity index (χ0v) is 10.6. The summed E-state index contributed by atoms with van der Waals surface area (Å²) in [6, 6.07) is 0.197. The predicted octanol–water partition coefficient (Wildman–Crippen LogP) is 2.28. The molecular weight excluding hydrogens is 210 g/mol. The van der Waals surface area contributed by atoms with Gasteiger partial charge < -0.3 is 0 Å². The Kier molecular flexibility index (Phi) is 5.06. The van der Waals surface area contributed by atoms with E-state index < -0.39 is 10.0 Å². The highest BCUT2D eigenvalue weighted by Crippen LogP contribution is 2.23. The van der Waals surface area contributed by atoms with Crippen molar-refractivity contribution in [3.05, 3.63) is 0 Å². The van der Waals surface area contributed by atoms with Crippen molar-refractivity contribution in [3.63, 3.8) is 0 Å². The van der Waals surface area contributed by atoms with Gasteiger partial charge in [0.2, 0.25) is 10.0 Å². The summed E-state index contributed by atoms with van der Waals surface area (Å²) in [6.07, 6.45) is 6.02. The minimum Gasteiger partial charge on any atom is -0.212 e. The monoisotopic (exact) mass is 233 g/mol. The van der Waals surface area contributed by atoms with Crippen molar-refractivity contribution in [2.45, 2.75) is 58.4 Å². The normalized spacial score (nSPS) is 27.9. The summed E-state index contributed by atoms with van der Waals surface area (Å²) >= 11 is 0. The molecule has 0 atom stereocenters. The van der Waals surface area contributed by atoms with E-state index in [0.29, 0.717) is 0 Å². The van der Waals surface area contributed by atoms with Crippen LogP contribution in [-0.2, 0) is 10.0 Å². The summed E-state index contributed by atoms with van der Waals surface area (Å²) in [6.45, 7) is 4.25. The molecule has 15 heavy (non-hydrogen) atoms. The summed E-state index contributed by atoms with van der Waals surface area (Å²) in [5.74, 6) is 1.05. The lowest BCUT2D eigenvalue weighted by molar-refractivity contribution is 0.332. The SMILES string of the molecule is CCCCS(=O)(=O)NC1CCC(C)CC1. The molecular formula is C11H23NO2S. The average Bonchev–Trinajstić information content (AvgIpc) is 2.18. The lowest BCUT2D eigenvalue weighted by Crippen LogP contribution is -2.38. The second-order valence-corrected chi connectivity index (χ2v) is 6.62. The highest BCUT2D eigenvalue weighted by molar-refractivity contribution is 7.89. The van der Waals surface area contributed by atoms with Gasteiger partial charge in [-0.15, -0.1) is 0 Å². The van der Waals surface area contributed by atoms with E-state index in [1.54, 1.807) is 0 Å². The number of rotatable bonds is 5. The van der Waals surface area contributed by atoms with Gasteiger partial charge in [0.25, 0.3) is 0 Å². The zero-order chi connectivity index (χ0) is 11.3. The fourth-order valence-electron chi connectivity index (χ4n) is 2.03. The topological polar surface area (TPSA) is 46.2 Å². The summed E-state index contributed by atoms with van der Waals surface area (Å²) in [5, 5.41) is 0. The van der Waals surface area contributed by atoms with Crippen molar-refractivity contribution in [1.29, 1.82) is 0 Å². The minimum atomic E-state index is -3.01. The molecule has 0 aliphatic heterocycles. The highest BCUT2D eigenvalue weighted by atomic mass is 32.2. The van der Waals surface area contributed by atoms with Crippen LogP contribution in [0.2, 0.25) is 0 Å². The molecule has 1 aliphatic carbocycles. The Morgan fingerprint density at radius 2 is 1.80 bits per heavy atom. The van der Waals surface area contributed by atoms with E-state index >= 15 is 0 Å². The Morgan fingerprint density at radius 3 is 2.33 bits per heavy atom. The maximum absolute atomic E-state index is 11.6. The maximum atomic E-state index is 11.6. The molecule has 0 aromatic heterocycles. The summed E-state index contributed by atoms with van der Waals surface area (Å²) < 4.78 is 26.1. The van der Waals surface area contributed by atoms with Gasteiger partial charge >= 0.3 is 0 Å². The molecule has 1 fully saturated rings. The van der Waals surface area contributed by atoms with Gasteiger partial charge in [-0.2, -0.15) is 0 Å². The number of hydrogen-bond acceptors (Lipinski definition) is 2. The van der Waals surface area contributed by atoms with Crippen LogP contribution in [0.3, 0.4) is 0 Å². The van der Waals surface area contributed by atoms with Gasteiger partial charge in [0.05, 0.1) is 5.75 Å². The zero-order valence-electron chi connectivity index (χ0n) is 9.83. The van der Waals surface area contributed by atoms with Gasteiger partial charge in [-0.1, -0.05) is 20.3 Å². The smallest absolute Gasteiger partial charge is 0.211 e. The molecule has 4 heteroatoms. The molecule has 0 radical (unpaired) electrons. The fraction of sp³-hybridized carbons (Fsp3) is 1.00. The first kappa shape index (κ1) is 13.0. The van der Waals surface area contributed by atoms with E-state index in [1.165, 1.54) is 0 Å². The van der Waals surface area contributed by atoms with Gasteiger partial charge in [-0.05, 0) is 38.0 Å². The van der Waals surface area contributed by atoms with Gasteiger partial charge in [0.1, 0.15) is 0 Å². The molecule has 0 aromatic carbocycles. The van der Waals surface area contributed by atoms with Crippen LogP contribution in [0.1, 0.15) is 52.4 Å². The Bertz CT molecular complexity index is 266. The van der Waals surface area contributed by atoms with Gasteiger partial charge in [-0.25, -0.2) is 13.1 Å². The van der Waals surface area contributed by atoms with E-state index in [9.17, 15) is 8.42 Å². The minimum absolute atomic E-state index is 0.197. The standard InChI is InChI=1S/C11H23NO2S/c1-3-4-9-15(13,14)12-11-7-5-10(2)6-8-11/h10-12H,3-9H2,1-2H3. The van der Waals surface area contributed by atoms with Crippen molar-refractivity contribution in [3.8, 4) is 0 Å². The lowest BCUT2D eigenvalue weighted by Gasteiger charge is -2.26. The molecule has 1 N–H and O–H groups in total. The lowest BCUT2D eigenvalue weighted by atomic mass is 9.88. The fourth-order valence-corrected chi connectivity index (χ4v) is 3.56. The summed E-state index contributed by atoms with van der Waals surface area (Å²) in [5.41, 5.74) is 0. The maximum Gasteiger partial charge on any atom is 0.211 e. The Balaban J connectivity index is 2.34. The molecule has 0 bridgehead atoms. The van der Waals surface area contributed by atoms with Crippen LogP contribution in [0.25, 0.3) is 0 Å². The van der Waals surface area contributed by atoms with Crippen molar-refractivity contribution < 1.29 is 8.42 Å². The molecule has 0 heterocycles. The molecule has 0 spiro atoms. The van der Waals surface area contributed by atoms with Crippen LogP contribution >= 0.6 is 0 Å². The quantitative estimate of drug-likeness (QED) is 0.792. The second kappa shape index (κ2) is 5.85. The van der Waals surface area contributed by atoms with Crippen LogP contribution in [0, 0.1) is 5.92 Å². The first-order chi connectivity index (χ1) is 7.03. The summed E-state index contributed by atoms with van der Waals surface area (Å²) in [7, 11) is -3.01. The molecule has 1 aliphatic rings. The van der Waals surface area contributed by atoms with Crippen molar-refractivity contribution in [1.82, 2.24) is 4.72 Å². The van der Waals surface area contributed by atoms with Crippen LogP contribution in [0.4, 0.5) is 0 Å². The van der Waals surface area contributed by atoms with Gasteiger partial charge in [0, 0.05) is 6.04 Å². The van der Waals surface area contributed by atoms with E-state index in [2.05, 4.69) is 11.6 Å². The molecule has 90 valence electrons. The van der Waals surface area contributed by atoms with E-state index in [4.69, 9.17) is 0 Å². The van der Waals surface area contributed by atoms with Crippen molar-refractivity contribution in [2.75, 3.05) is 5.75 Å². The molecule has 0 unspecified atom stereocenters. The number of sulfonamides is 1. The van der Waals surface area contributed by atoms with Crippen LogP contribution in [0.15, 0.2) is 0 Å². The first-order valence-electron chi connectivity index (χ1n) is 6.03. The van der Waals surface area contributed by atoms with Crippen LogP contribution in [0.5, 0.6) is 0 Å². The predicted molar refractivity (Wildman–Crippen MR) is 63.3 cm³/mol. The first-order valence-corrected chi connectivity index (χ1v) is 7.68. The third-order valence-electron chi connectivity index (χ3n) is 3.13. The van der Waals surface area contributed by atoms with Crippen LogP contribution < -0.4 is 4.72 Å². The van der Waals surface area contributed by atoms with E-state index in [1.807, 2.05) is 6.92 Å². The van der Waals surface area contributed by atoms with Crippen molar-refractivity contribution in [2.24, 2.45) is 5.92 Å². The number of unbranched alkanes of at least 4 members (excludes halogenated alkanes) is 1. The number of nitrogens with one attached hydrogen (secondary N) is 1. The third-order valence-corrected chi connectivity index (χ3v) is 4.65. The van der Waals surface area contributed by atoms with Gasteiger partial charge in [0.15, 0.2) is 0 Å². The molecule has 0 aromatic rings. The highest BCUT2D eigenvalue weighted by Gasteiger charge is 2.22. The molecule has 0 amide bonds. The third kappa shape index (κ3) is 4.98. The Hall–Kier alpha value is -0.0900.